The first kappa shape index (κ1) is 18.8. The lowest BCUT2D eigenvalue weighted by Crippen LogP contribution is -2.36. The van der Waals surface area contributed by atoms with Gasteiger partial charge in [-0.3, -0.25) is 4.98 Å². The van der Waals surface area contributed by atoms with Crippen LogP contribution >= 0.6 is 0 Å². The summed E-state index contributed by atoms with van der Waals surface area (Å²) in [4.78, 5) is 11.4. The Morgan fingerprint density at radius 1 is 0.844 bits per heavy atom. The van der Waals surface area contributed by atoms with Crippen LogP contribution in [0.5, 0.6) is 0 Å². The van der Waals surface area contributed by atoms with Gasteiger partial charge in [0.25, 0.3) is 0 Å². The molecular formula is C25H22N6O. The molecule has 158 valence electrons. The summed E-state index contributed by atoms with van der Waals surface area (Å²) >= 11 is 0. The molecule has 0 radical (unpaired) electrons. The van der Waals surface area contributed by atoms with E-state index in [-0.39, 0.29) is 0 Å². The standard InChI is InChI=1S/C25H22N6O/c1-2-4-23-18(3-1)15-19(16-26-23)24-10-9-22-17-27-25(29-31(22)24)28-20-5-7-21(8-6-20)30-11-13-32-14-12-30/h1-10,15-17H,11-14H2,(H,28,29). The van der Waals surface area contributed by atoms with Crippen LogP contribution in [0, 0.1) is 0 Å². The lowest BCUT2D eigenvalue weighted by atomic mass is 10.1. The van der Waals surface area contributed by atoms with E-state index in [9.17, 15) is 0 Å². The Kier molecular flexibility index (Phi) is 4.66. The number of aromatic nitrogens is 4. The summed E-state index contributed by atoms with van der Waals surface area (Å²) in [6.45, 7) is 3.40. The van der Waals surface area contributed by atoms with Gasteiger partial charge in [0, 0.05) is 41.6 Å². The van der Waals surface area contributed by atoms with Gasteiger partial charge in [-0.05, 0) is 48.5 Å². The fourth-order valence-corrected chi connectivity index (χ4v) is 4.09. The molecule has 0 unspecified atom stereocenters. The van der Waals surface area contributed by atoms with Crippen molar-refractivity contribution in [2.24, 2.45) is 0 Å². The average Bonchev–Trinajstić information content (AvgIpc) is 3.28. The normalized spacial score (nSPS) is 14.2. The summed E-state index contributed by atoms with van der Waals surface area (Å²) in [6.07, 6.45) is 3.72. The number of morpholine rings is 1. The summed E-state index contributed by atoms with van der Waals surface area (Å²) in [5.74, 6) is 0.544. The summed E-state index contributed by atoms with van der Waals surface area (Å²) in [7, 11) is 0. The third kappa shape index (κ3) is 3.52. The minimum absolute atomic E-state index is 0.544. The van der Waals surface area contributed by atoms with E-state index in [0.29, 0.717) is 5.95 Å². The van der Waals surface area contributed by atoms with Crippen molar-refractivity contribution in [1.82, 2.24) is 19.6 Å². The number of hydrogen-bond donors (Lipinski definition) is 1. The number of benzene rings is 2. The number of hydrogen-bond acceptors (Lipinski definition) is 6. The minimum Gasteiger partial charge on any atom is -0.378 e. The summed E-state index contributed by atoms with van der Waals surface area (Å²) in [5, 5.41) is 9.17. The number of nitrogens with one attached hydrogen (secondary N) is 1. The van der Waals surface area contributed by atoms with Crippen molar-refractivity contribution in [2.75, 3.05) is 36.5 Å². The third-order valence-electron chi connectivity index (χ3n) is 5.78. The second-order valence-corrected chi connectivity index (χ2v) is 7.83. The first-order valence-corrected chi connectivity index (χ1v) is 10.7. The summed E-state index contributed by atoms with van der Waals surface area (Å²) in [5.41, 5.74) is 6.06. The highest BCUT2D eigenvalue weighted by Crippen LogP contribution is 2.25. The van der Waals surface area contributed by atoms with Gasteiger partial charge < -0.3 is 15.0 Å². The zero-order valence-corrected chi connectivity index (χ0v) is 17.5. The zero-order chi connectivity index (χ0) is 21.3. The number of anilines is 3. The molecule has 5 aromatic rings. The van der Waals surface area contributed by atoms with Gasteiger partial charge in [0.1, 0.15) is 0 Å². The molecule has 4 heterocycles. The molecular weight excluding hydrogens is 400 g/mol. The molecule has 32 heavy (non-hydrogen) atoms. The van der Waals surface area contributed by atoms with E-state index in [2.05, 4.69) is 62.6 Å². The number of fused-ring (bicyclic) bond motifs is 2. The van der Waals surface area contributed by atoms with E-state index < -0.39 is 0 Å². The smallest absolute Gasteiger partial charge is 0.245 e. The van der Waals surface area contributed by atoms with Gasteiger partial charge in [0.15, 0.2) is 0 Å². The van der Waals surface area contributed by atoms with E-state index >= 15 is 0 Å². The Morgan fingerprint density at radius 3 is 2.56 bits per heavy atom. The van der Waals surface area contributed by atoms with Crippen molar-refractivity contribution >= 4 is 33.7 Å². The van der Waals surface area contributed by atoms with Crippen molar-refractivity contribution in [2.45, 2.75) is 0 Å². The quantitative estimate of drug-likeness (QED) is 0.459. The predicted molar refractivity (Wildman–Crippen MR) is 126 cm³/mol. The van der Waals surface area contributed by atoms with Crippen molar-refractivity contribution in [1.29, 1.82) is 0 Å². The van der Waals surface area contributed by atoms with Crippen molar-refractivity contribution < 1.29 is 4.74 Å². The molecule has 1 saturated heterocycles. The molecule has 0 bridgehead atoms. The molecule has 0 atom stereocenters. The number of pyridine rings is 1. The highest BCUT2D eigenvalue weighted by molar-refractivity contribution is 5.83. The largest absolute Gasteiger partial charge is 0.378 e. The van der Waals surface area contributed by atoms with Crippen molar-refractivity contribution in [3.05, 3.63) is 79.1 Å². The van der Waals surface area contributed by atoms with E-state index in [1.165, 1.54) is 5.69 Å². The van der Waals surface area contributed by atoms with E-state index in [0.717, 1.165) is 59.7 Å². The number of rotatable bonds is 4. The van der Waals surface area contributed by atoms with Crippen LogP contribution in [0.4, 0.5) is 17.3 Å². The highest BCUT2D eigenvalue weighted by atomic mass is 16.5. The van der Waals surface area contributed by atoms with E-state index in [4.69, 9.17) is 9.84 Å². The molecule has 1 aliphatic rings. The summed E-state index contributed by atoms with van der Waals surface area (Å²) in [6, 6.07) is 22.7. The van der Waals surface area contributed by atoms with Crippen LogP contribution in [-0.4, -0.2) is 45.9 Å². The molecule has 0 amide bonds. The molecule has 0 spiro atoms. The van der Waals surface area contributed by atoms with Crippen LogP contribution in [0.3, 0.4) is 0 Å². The first-order valence-electron chi connectivity index (χ1n) is 10.7. The lowest BCUT2D eigenvalue weighted by Gasteiger charge is -2.28. The van der Waals surface area contributed by atoms with E-state index in [1.807, 2.05) is 41.2 Å². The third-order valence-corrected chi connectivity index (χ3v) is 5.78. The second-order valence-electron chi connectivity index (χ2n) is 7.83. The summed E-state index contributed by atoms with van der Waals surface area (Å²) < 4.78 is 7.34. The monoisotopic (exact) mass is 422 g/mol. The van der Waals surface area contributed by atoms with Gasteiger partial charge in [-0.15, -0.1) is 5.10 Å². The van der Waals surface area contributed by atoms with Gasteiger partial charge in [-0.25, -0.2) is 9.50 Å². The molecule has 6 rings (SSSR count). The molecule has 7 nitrogen and oxygen atoms in total. The van der Waals surface area contributed by atoms with Crippen molar-refractivity contribution in [3.63, 3.8) is 0 Å². The minimum atomic E-state index is 0.544. The molecule has 1 N–H and O–H groups in total. The van der Waals surface area contributed by atoms with Crippen LogP contribution in [0.25, 0.3) is 27.7 Å². The molecule has 0 aliphatic carbocycles. The Balaban J connectivity index is 1.28. The van der Waals surface area contributed by atoms with Crippen LogP contribution in [0.15, 0.2) is 79.1 Å². The predicted octanol–water partition coefficient (Wildman–Crippen LogP) is 4.52. The molecule has 1 aliphatic heterocycles. The maximum absolute atomic E-state index is 5.44. The second kappa shape index (κ2) is 7.94. The Hall–Kier alpha value is -3.97. The molecule has 1 fully saturated rings. The van der Waals surface area contributed by atoms with Crippen LogP contribution < -0.4 is 10.2 Å². The molecule has 7 heteroatoms. The van der Waals surface area contributed by atoms with Crippen LogP contribution in [0.1, 0.15) is 0 Å². The number of para-hydroxylation sites is 1. The molecule has 3 aromatic heterocycles. The maximum atomic E-state index is 5.44. The van der Waals surface area contributed by atoms with Gasteiger partial charge in [-0.2, -0.15) is 0 Å². The highest BCUT2D eigenvalue weighted by Gasteiger charge is 2.12. The fraction of sp³-hybridized carbons (Fsp3) is 0.160. The topological polar surface area (TPSA) is 67.6 Å². The Morgan fingerprint density at radius 2 is 1.69 bits per heavy atom. The Labute approximate surface area is 185 Å². The van der Waals surface area contributed by atoms with Gasteiger partial charge >= 0.3 is 0 Å². The van der Waals surface area contributed by atoms with Crippen molar-refractivity contribution in [3.8, 4) is 11.3 Å². The van der Waals surface area contributed by atoms with Crippen LogP contribution in [-0.2, 0) is 4.74 Å². The van der Waals surface area contributed by atoms with Crippen LogP contribution in [0.2, 0.25) is 0 Å². The lowest BCUT2D eigenvalue weighted by molar-refractivity contribution is 0.122. The van der Waals surface area contributed by atoms with Gasteiger partial charge in [-0.1, -0.05) is 18.2 Å². The number of nitrogens with zero attached hydrogens (tertiary/aromatic N) is 5. The fourth-order valence-electron chi connectivity index (χ4n) is 4.09. The maximum Gasteiger partial charge on any atom is 0.245 e. The Bertz CT molecular complexity index is 1390. The number of ether oxygens (including phenoxy) is 1. The van der Waals surface area contributed by atoms with Gasteiger partial charge in [0.05, 0.1) is 36.1 Å². The van der Waals surface area contributed by atoms with E-state index in [1.54, 1.807) is 0 Å². The zero-order valence-electron chi connectivity index (χ0n) is 17.5. The average molecular weight is 422 g/mol. The molecule has 0 saturated carbocycles. The first-order chi connectivity index (χ1) is 15.8. The SMILES string of the molecule is c1ccc2ncc(-c3ccc4cnc(Nc5ccc(N6CCOCC6)cc5)nn34)cc2c1. The molecule has 2 aromatic carbocycles. The van der Waals surface area contributed by atoms with Gasteiger partial charge in [0.2, 0.25) is 5.95 Å².